The second kappa shape index (κ2) is 8.22. The number of phosphoric acid groups is 1. The van der Waals surface area contributed by atoms with Crippen LogP contribution in [-0.4, -0.2) is 129 Å². The van der Waals surface area contributed by atoms with Crippen molar-refractivity contribution in [1.82, 2.24) is 0 Å². The zero-order chi connectivity index (χ0) is 20.8. The van der Waals surface area contributed by atoms with Crippen molar-refractivity contribution in [2.75, 3.05) is 0 Å². The Hall–Kier alpha value is -0.290. The van der Waals surface area contributed by atoms with Crippen molar-refractivity contribution >= 4 is 7.82 Å². The van der Waals surface area contributed by atoms with E-state index in [4.69, 9.17) is 0 Å². The van der Waals surface area contributed by atoms with Crippen molar-refractivity contribution in [3.05, 3.63) is 0 Å². The quantitative estimate of drug-likeness (QED) is 0.188. The van der Waals surface area contributed by atoms with Crippen molar-refractivity contribution in [2.45, 2.75) is 73.2 Å². The molecule has 0 saturated heterocycles. The van der Waals surface area contributed by atoms with Gasteiger partial charge in [0.15, 0.2) is 0 Å². The van der Waals surface area contributed by atoms with Crippen LogP contribution < -0.4 is 0 Å². The van der Waals surface area contributed by atoms with Crippen molar-refractivity contribution in [3.63, 3.8) is 0 Å². The summed E-state index contributed by atoms with van der Waals surface area (Å²) in [6.07, 6.45) is -25.0. The molecule has 27 heavy (non-hydrogen) atoms. The summed E-state index contributed by atoms with van der Waals surface area (Å²) in [7, 11) is -5.37. The Kier molecular flexibility index (Phi) is 7.00. The lowest BCUT2D eigenvalue weighted by Gasteiger charge is -2.43. The summed E-state index contributed by atoms with van der Waals surface area (Å²) in [4.78, 5) is 9.78. The first kappa shape index (κ1) is 23.0. The van der Waals surface area contributed by atoms with Crippen LogP contribution >= 0.6 is 7.82 Å². The molecule has 8 atom stereocenters. The van der Waals surface area contributed by atoms with Gasteiger partial charge in [-0.3, -0.25) is 9.05 Å². The lowest BCUT2D eigenvalue weighted by Crippen LogP contribution is -2.65. The molecular formula is C12H23O14P. The Labute approximate surface area is 151 Å². The van der Waals surface area contributed by atoms with Gasteiger partial charge in [0.05, 0.1) is 0 Å². The molecule has 0 radical (unpaired) electrons. The molecule has 0 bridgehead atoms. The molecule has 8 unspecified atom stereocenters. The van der Waals surface area contributed by atoms with Crippen LogP contribution in [0.5, 0.6) is 0 Å². The minimum Gasteiger partial charge on any atom is -0.387 e. The van der Waals surface area contributed by atoms with Crippen molar-refractivity contribution in [3.8, 4) is 0 Å². The van der Waals surface area contributed by atoms with Crippen molar-refractivity contribution in [1.29, 1.82) is 0 Å². The van der Waals surface area contributed by atoms with Crippen LogP contribution in [-0.2, 0) is 13.6 Å². The Morgan fingerprint density at radius 3 is 0.852 bits per heavy atom. The summed E-state index contributed by atoms with van der Waals surface area (Å²) in [5.41, 5.74) is 0. The van der Waals surface area contributed by atoms with Gasteiger partial charge in [0.1, 0.15) is 73.2 Å². The normalized spacial score (nSPS) is 53.7. The Morgan fingerprint density at radius 2 is 0.630 bits per heavy atom. The molecule has 2 aliphatic carbocycles. The number of rotatable bonds is 4. The summed E-state index contributed by atoms with van der Waals surface area (Å²) < 4.78 is 21.1. The van der Waals surface area contributed by atoms with E-state index in [1.165, 1.54) is 0 Å². The first-order chi connectivity index (χ1) is 12.3. The number of aliphatic hydroxyl groups is 10. The highest BCUT2D eigenvalue weighted by Crippen LogP contribution is 2.49. The average molecular weight is 422 g/mol. The lowest BCUT2D eigenvalue weighted by molar-refractivity contribution is -0.231. The Morgan fingerprint density at radius 1 is 0.444 bits per heavy atom. The van der Waals surface area contributed by atoms with Gasteiger partial charge in [-0.05, 0) is 0 Å². The largest absolute Gasteiger partial charge is 0.473 e. The molecule has 2 aliphatic rings. The van der Waals surface area contributed by atoms with Gasteiger partial charge in [0, 0.05) is 0 Å². The molecule has 2 saturated carbocycles. The van der Waals surface area contributed by atoms with Crippen LogP contribution in [0.1, 0.15) is 0 Å². The van der Waals surface area contributed by atoms with Gasteiger partial charge in [-0.2, -0.15) is 0 Å². The van der Waals surface area contributed by atoms with Crippen molar-refractivity contribution < 1.29 is 69.6 Å². The number of hydrogen-bond acceptors (Lipinski definition) is 13. The summed E-state index contributed by atoms with van der Waals surface area (Å²) in [6.45, 7) is 0. The second-order valence-electron chi connectivity index (χ2n) is 6.51. The molecule has 0 spiro atoms. The highest BCUT2D eigenvalue weighted by atomic mass is 31.2. The average Bonchev–Trinajstić information content (AvgIpc) is 2.62. The first-order valence-corrected chi connectivity index (χ1v) is 9.30. The molecule has 160 valence electrons. The fourth-order valence-electron chi connectivity index (χ4n) is 2.98. The van der Waals surface area contributed by atoms with Crippen LogP contribution in [0.15, 0.2) is 0 Å². The van der Waals surface area contributed by atoms with Crippen LogP contribution in [0.3, 0.4) is 0 Å². The number of phosphoric ester groups is 1. The molecule has 0 aromatic heterocycles. The van der Waals surface area contributed by atoms with E-state index in [1.807, 2.05) is 0 Å². The topological polar surface area (TPSA) is 258 Å². The second-order valence-corrected chi connectivity index (χ2v) is 7.87. The maximum atomic E-state index is 12.1. The standard InChI is InChI=1S/C12H23O14P/c13-1-3(15)7(19)11(8(20)4(1)16)25-27(23,24)26-12-9(21)5(17)2(14)6(18)10(12)22/h1-22H,(H,23,24)/t1-,2-,3?,4?,5?,6?,7?,8?,9?,10?,11-,12-. The highest BCUT2D eigenvalue weighted by Gasteiger charge is 2.54. The van der Waals surface area contributed by atoms with E-state index in [0.29, 0.717) is 0 Å². The maximum absolute atomic E-state index is 12.1. The molecule has 0 amide bonds. The maximum Gasteiger partial charge on any atom is 0.473 e. The summed E-state index contributed by atoms with van der Waals surface area (Å²) in [6, 6.07) is 0. The molecule has 14 nitrogen and oxygen atoms in total. The third-order valence-corrected chi connectivity index (χ3v) is 5.68. The van der Waals surface area contributed by atoms with Crippen LogP contribution in [0.4, 0.5) is 0 Å². The molecule has 15 heteroatoms. The molecule has 11 N–H and O–H groups in total. The van der Waals surface area contributed by atoms with Crippen LogP contribution in [0.25, 0.3) is 0 Å². The van der Waals surface area contributed by atoms with E-state index >= 15 is 0 Å². The van der Waals surface area contributed by atoms with Gasteiger partial charge in [-0.25, -0.2) is 4.57 Å². The zero-order valence-corrected chi connectivity index (χ0v) is 14.4. The highest BCUT2D eigenvalue weighted by molar-refractivity contribution is 7.47. The fraction of sp³-hybridized carbons (Fsp3) is 1.00. The monoisotopic (exact) mass is 422 g/mol. The molecule has 2 fully saturated rings. The molecular weight excluding hydrogens is 399 g/mol. The van der Waals surface area contributed by atoms with Gasteiger partial charge in [0.25, 0.3) is 0 Å². The zero-order valence-electron chi connectivity index (χ0n) is 13.5. The summed E-state index contributed by atoms with van der Waals surface area (Å²) >= 11 is 0. The first-order valence-electron chi connectivity index (χ1n) is 7.80. The number of hydrogen-bond donors (Lipinski definition) is 11. The van der Waals surface area contributed by atoms with Crippen LogP contribution in [0, 0.1) is 0 Å². The molecule has 0 aromatic carbocycles. The number of aliphatic hydroxyl groups excluding tert-OH is 10. The van der Waals surface area contributed by atoms with Gasteiger partial charge < -0.3 is 56.0 Å². The smallest absolute Gasteiger partial charge is 0.387 e. The van der Waals surface area contributed by atoms with Gasteiger partial charge in [0.2, 0.25) is 0 Å². The summed E-state index contributed by atoms with van der Waals surface area (Å²) in [5.74, 6) is 0. The van der Waals surface area contributed by atoms with Crippen molar-refractivity contribution in [2.24, 2.45) is 0 Å². The lowest BCUT2D eigenvalue weighted by atomic mass is 9.85. The van der Waals surface area contributed by atoms with Crippen LogP contribution in [0.2, 0.25) is 0 Å². The van der Waals surface area contributed by atoms with E-state index in [9.17, 15) is 60.5 Å². The van der Waals surface area contributed by atoms with Gasteiger partial charge >= 0.3 is 7.82 Å². The molecule has 0 aromatic rings. The fourth-order valence-corrected chi connectivity index (χ4v) is 4.14. The molecule has 0 aliphatic heterocycles. The molecule has 2 rings (SSSR count). The minimum atomic E-state index is -5.37. The van der Waals surface area contributed by atoms with E-state index in [0.717, 1.165) is 0 Å². The Balaban J connectivity index is 2.15. The third kappa shape index (κ3) is 4.34. The van der Waals surface area contributed by atoms with E-state index in [-0.39, 0.29) is 0 Å². The third-order valence-electron chi connectivity index (χ3n) is 4.66. The summed E-state index contributed by atoms with van der Waals surface area (Å²) in [5, 5.41) is 96.3. The van der Waals surface area contributed by atoms with E-state index in [2.05, 4.69) is 9.05 Å². The minimum absolute atomic E-state index is 1.98. The van der Waals surface area contributed by atoms with E-state index in [1.54, 1.807) is 0 Å². The SMILES string of the molecule is O=P(O)(O[C@H]1C(O)C(O)[C@H](O)C(O)C1O)O[C@H]1C(O)C(O)[C@H](O)C(O)C1O. The van der Waals surface area contributed by atoms with E-state index < -0.39 is 81.1 Å². The van der Waals surface area contributed by atoms with Gasteiger partial charge in [-0.15, -0.1) is 0 Å². The van der Waals surface area contributed by atoms with Gasteiger partial charge in [-0.1, -0.05) is 0 Å². The predicted molar refractivity (Wildman–Crippen MR) is 79.6 cm³/mol. The Bertz CT molecular complexity index is 486. The molecule has 0 heterocycles. The predicted octanol–water partition coefficient (Wildman–Crippen LogP) is -6.51.